The molecule has 1 amide bonds. The van der Waals surface area contributed by atoms with Gasteiger partial charge in [-0.15, -0.1) is 0 Å². The predicted molar refractivity (Wildman–Crippen MR) is 149 cm³/mol. The quantitative estimate of drug-likeness (QED) is 0.346. The van der Waals surface area contributed by atoms with Gasteiger partial charge in [-0.25, -0.2) is 4.39 Å². The van der Waals surface area contributed by atoms with Gasteiger partial charge >= 0.3 is 5.69 Å². The van der Waals surface area contributed by atoms with Crippen LogP contribution in [0.1, 0.15) is 33.6 Å². The normalized spacial score (nSPS) is 16.6. The Morgan fingerprint density at radius 1 is 1.13 bits per heavy atom. The van der Waals surface area contributed by atoms with Crippen LogP contribution in [0.15, 0.2) is 36.4 Å². The molecule has 11 heteroatoms. The summed E-state index contributed by atoms with van der Waals surface area (Å²) in [5.74, 6) is 0.0974. The van der Waals surface area contributed by atoms with Gasteiger partial charge in [-0.05, 0) is 44.0 Å². The van der Waals surface area contributed by atoms with Crippen LogP contribution in [-0.4, -0.2) is 79.1 Å². The Kier molecular flexibility index (Phi) is 10.6. The molecule has 0 unspecified atom stereocenters. The third-order valence-electron chi connectivity index (χ3n) is 6.94. The number of carbonyl (C=O) groups excluding carboxylic acids is 1. The Morgan fingerprint density at radius 3 is 2.47 bits per heavy atom. The molecule has 2 heterocycles. The van der Waals surface area contributed by atoms with Crippen molar-refractivity contribution >= 4 is 34.6 Å². The molecule has 0 aliphatic carbocycles. The summed E-state index contributed by atoms with van der Waals surface area (Å²) in [5.41, 5.74) is 1.29. The van der Waals surface area contributed by atoms with Crippen LogP contribution in [0.25, 0.3) is 0 Å². The highest BCUT2D eigenvalue weighted by atomic mass is 35.5. The van der Waals surface area contributed by atoms with Crippen molar-refractivity contribution in [2.24, 2.45) is 0 Å². The number of anilines is 2. The number of nitrogens with zero attached hydrogens (tertiary/aromatic N) is 4. The summed E-state index contributed by atoms with van der Waals surface area (Å²) in [7, 11) is 0. The number of hydrogen-bond donors (Lipinski definition) is 1. The summed E-state index contributed by atoms with van der Waals surface area (Å²) >= 11 is 5.86. The molecule has 208 valence electrons. The summed E-state index contributed by atoms with van der Waals surface area (Å²) in [6, 6.07) is 9.76. The van der Waals surface area contributed by atoms with Crippen molar-refractivity contribution in [3.05, 3.63) is 57.4 Å². The average molecular weight is 550 g/mol. The highest BCUT2D eigenvalue weighted by Gasteiger charge is 2.25. The van der Waals surface area contributed by atoms with Gasteiger partial charge in [-0.2, -0.15) is 0 Å². The second-order valence-electron chi connectivity index (χ2n) is 9.35. The minimum absolute atomic E-state index is 0. The molecule has 0 saturated carbocycles. The Morgan fingerprint density at radius 2 is 1.84 bits per heavy atom. The first kappa shape index (κ1) is 29.4. The van der Waals surface area contributed by atoms with E-state index in [1.165, 1.54) is 12.1 Å². The summed E-state index contributed by atoms with van der Waals surface area (Å²) in [4.78, 5) is 29.7. The van der Waals surface area contributed by atoms with Crippen LogP contribution >= 0.6 is 11.6 Å². The molecule has 0 spiro atoms. The maximum absolute atomic E-state index is 14.2. The van der Waals surface area contributed by atoms with Crippen LogP contribution in [0.4, 0.5) is 21.5 Å². The number of ether oxygens (including phenoxy) is 1. The van der Waals surface area contributed by atoms with Gasteiger partial charge in [0.25, 0.3) is 0 Å². The minimum atomic E-state index is -0.446. The second-order valence-corrected chi connectivity index (χ2v) is 9.78. The van der Waals surface area contributed by atoms with Crippen molar-refractivity contribution in [1.29, 1.82) is 0 Å². The smallest absolute Gasteiger partial charge is 0.311 e. The van der Waals surface area contributed by atoms with Gasteiger partial charge in [0.15, 0.2) is 5.75 Å². The standard InChI is InChI=1S/C26H33ClFN5O4.CH4/c1-2-37-25-18-21(4-6-24(25)33(35)36)29-20-7-11-32(12-8-20)26(34)9-10-30-13-15-31(16-14-30)23-5-3-19(27)17-22(23)28;/h3-6,17-18,20,29H,2,7-16H2,1H3;1H4. The number of amides is 1. The maximum Gasteiger partial charge on any atom is 0.311 e. The first-order valence-corrected chi connectivity index (χ1v) is 13.1. The summed E-state index contributed by atoms with van der Waals surface area (Å²) < 4.78 is 19.6. The van der Waals surface area contributed by atoms with E-state index in [9.17, 15) is 19.3 Å². The van der Waals surface area contributed by atoms with Gasteiger partial charge in [0, 0.05) is 81.1 Å². The molecule has 2 aliphatic rings. The Hall–Kier alpha value is -3.11. The molecule has 2 aliphatic heterocycles. The zero-order chi connectivity index (χ0) is 26.4. The number of hydrogen-bond acceptors (Lipinski definition) is 7. The van der Waals surface area contributed by atoms with E-state index in [-0.39, 0.29) is 36.6 Å². The van der Waals surface area contributed by atoms with Crippen LogP contribution in [-0.2, 0) is 4.79 Å². The van der Waals surface area contributed by atoms with Gasteiger partial charge in [0.1, 0.15) is 5.82 Å². The first-order chi connectivity index (χ1) is 17.8. The molecule has 0 bridgehead atoms. The maximum atomic E-state index is 14.2. The van der Waals surface area contributed by atoms with Gasteiger partial charge in [0.2, 0.25) is 5.91 Å². The third-order valence-corrected chi connectivity index (χ3v) is 7.17. The molecule has 0 radical (unpaired) electrons. The topological polar surface area (TPSA) is 91.2 Å². The van der Waals surface area contributed by atoms with Crippen LogP contribution in [0.3, 0.4) is 0 Å². The lowest BCUT2D eigenvalue weighted by molar-refractivity contribution is -0.385. The molecule has 38 heavy (non-hydrogen) atoms. The number of rotatable bonds is 9. The molecular formula is C27H37ClFN5O4. The largest absolute Gasteiger partial charge is 0.487 e. The summed E-state index contributed by atoms with van der Waals surface area (Å²) in [6.45, 7) is 7.14. The first-order valence-electron chi connectivity index (χ1n) is 12.7. The van der Waals surface area contributed by atoms with Gasteiger partial charge in [-0.3, -0.25) is 19.8 Å². The van der Waals surface area contributed by atoms with E-state index in [0.29, 0.717) is 56.5 Å². The zero-order valence-corrected chi connectivity index (χ0v) is 21.8. The van der Waals surface area contributed by atoms with Crippen molar-refractivity contribution in [2.75, 3.05) is 62.6 Å². The molecular weight excluding hydrogens is 513 g/mol. The molecule has 2 saturated heterocycles. The van der Waals surface area contributed by atoms with E-state index in [2.05, 4.69) is 10.2 Å². The molecule has 1 N–H and O–H groups in total. The lowest BCUT2D eigenvalue weighted by Crippen LogP contribution is -2.48. The number of halogens is 2. The zero-order valence-electron chi connectivity index (χ0n) is 21.0. The molecule has 2 fully saturated rings. The molecule has 2 aromatic rings. The summed E-state index contributed by atoms with van der Waals surface area (Å²) in [5, 5.41) is 15.0. The Labute approximate surface area is 228 Å². The van der Waals surface area contributed by atoms with Crippen LogP contribution in [0, 0.1) is 15.9 Å². The fraction of sp³-hybridized carbons (Fsp3) is 0.519. The molecule has 0 atom stereocenters. The second kappa shape index (κ2) is 13.6. The minimum Gasteiger partial charge on any atom is -0.487 e. The highest BCUT2D eigenvalue weighted by molar-refractivity contribution is 6.30. The number of nitrogens with one attached hydrogen (secondary N) is 1. The van der Waals surface area contributed by atoms with E-state index < -0.39 is 4.92 Å². The number of benzene rings is 2. The number of likely N-dealkylation sites (tertiary alicyclic amines) is 1. The predicted octanol–water partition coefficient (Wildman–Crippen LogP) is 5.04. The van der Waals surface area contributed by atoms with Crippen molar-refractivity contribution in [1.82, 2.24) is 9.80 Å². The number of nitro groups is 1. The number of piperidine rings is 1. The highest BCUT2D eigenvalue weighted by Crippen LogP contribution is 2.31. The van der Waals surface area contributed by atoms with Crippen molar-refractivity contribution in [3.63, 3.8) is 0 Å². The fourth-order valence-electron chi connectivity index (χ4n) is 4.90. The van der Waals surface area contributed by atoms with E-state index >= 15 is 0 Å². The lowest BCUT2D eigenvalue weighted by Gasteiger charge is -2.37. The average Bonchev–Trinajstić information content (AvgIpc) is 2.88. The van der Waals surface area contributed by atoms with Crippen LogP contribution in [0.5, 0.6) is 5.75 Å². The van der Waals surface area contributed by atoms with Crippen molar-refractivity contribution in [3.8, 4) is 5.75 Å². The van der Waals surface area contributed by atoms with Gasteiger partial charge < -0.3 is 19.9 Å². The Balaban J connectivity index is 0.00000400. The van der Waals surface area contributed by atoms with Crippen molar-refractivity contribution < 1.29 is 18.8 Å². The van der Waals surface area contributed by atoms with E-state index in [1.54, 1.807) is 31.2 Å². The molecule has 0 aromatic heterocycles. The number of piperazine rings is 1. The lowest BCUT2D eigenvalue weighted by atomic mass is 10.0. The van der Waals surface area contributed by atoms with Crippen LogP contribution in [0.2, 0.25) is 5.02 Å². The molecule has 9 nitrogen and oxygen atoms in total. The number of carbonyl (C=O) groups is 1. The number of nitro benzene ring substituents is 1. The fourth-order valence-corrected chi connectivity index (χ4v) is 5.06. The summed E-state index contributed by atoms with van der Waals surface area (Å²) in [6.07, 6.45) is 2.07. The van der Waals surface area contributed by atoms with Gasteiger partial charge in [0.05, 0.1) is 17.2 Å². The van der Waals surface area contributed by atoms with Gasteiger partial charge in [-0.1, -0.05) is 19.0 Å². The molecule has 4 rings (SSSR count). The van der Waals surface area contributed by atoms with E-state index in [0.717, 1.165) is 31.6 Å². The van der Waals surface area contributed by atoms with E-state index in [4.69, 9.17) is 16.3 Å². The molecule has 2 aromatic carbocycles. The van der Waals surface area contributed by atoms with Crippen molar-refractivity contribution in [2.45, 2.75) is 39.7 Å². The SMILES string of the molecule is C.CCOc1cc(NC2CCN(C(=O)CCN3CCN(c4ccc(Cl)cc4F)CC3)CC2)ccc1[N+](=O)[O-]. The third kappa shape index (κ3) is 7.48. The van der Waals surface area contributed by atoms with Crippen LogP contribution < -0.4 is 15.0 Å². The Bertz CT molecular complexity index is 1100. The monoisotopic (exact) mass is 549 g/mol. The van der Waals surface area contributed by atoms with E-state index in [1.807, 2.05) is 9.80 Å².